The minimum absolute atomic E-state index is 0.00456. The Morgan fingerprint density at radius 1 is 0.846 bits per heavy atom. The molecule has 1 unspecified atom stereocenters. The minimum atomic E-state index is -0.574. The van der Waals surface area contributed by atoms with Crippen LogP contribution in [0.2, 0.25) is 0 Å². The van der Waals surface area contributed by atoms with Gasteiger partial charge in [-0.25, -0.2) is 18.0 Å². The van der Waals surface area contributed by atoms with Crippen LogP contribution < -0.4 is 0 Å². The van der Waals surface area contributed by atoms with Gasteiger partial charge in [0.25, 0.3) is 0 Å². The second kappa shape index (κ2) is 22.1. The molecule has 5 nitrogen and oxygen atoms in total. The lowest BCUT2D eigenvalue weighted by Crippen LogP contribution is -2.15. The average molecular weight is 721 g/mol. The first-order valence-corrected chi connectivity index (χ1v) is 18.6. The van der Waals surface area contributed by atoms with Crippen molar-refractivity contribution in [3.05, 3.63) is 119 Å². The van der Waals surface area contributed by atoms with Gasteiger partial charge in [-0.15, -0.1) is 0 Å². The van der Waals surface area contributed by atoms with Crippen LogP contribution in [0.5, 0.6) is 0 Å². The van der Waals surface area contributed by atoms with E-state index in [2.05, 4.69) is 44.3 Å². The molecule has 1 fully saturated rings. The quantitative estimate of drug-likeness (QED) is 0.0592. The molecule has 0 aromatic heterocycles. The summed E-state index contributed by atoms with van der Waals surface area (Å²) in [6.45, 7) is 10.3. The van der Waals surface area contributed by atoms with Crippen molar-refractivity contribution in [3.63, 3.8) is 0 Å². The molecule has 2 N–H and O–H groups in total. The van der Waals surface area contributed by atoms with Gasteiger partial charge in [-0.1, -0.05) is 69.3 Å². The molecule has 1 aliphatic carbocycles. The summed E-state index contributed by atoms with van der Waals surface area (Å²) in [5, 5.41) is 17.4. The number of aldehydes is 1. The zero-order valence-corrected chi connectivity index (χ0v) is 30.8. The standard InChI is InChI=1S/C40H49F3O3.C4H6O2/c1-4-5-6-9-28-12-14-29(15-13-28)33-20-21-35(36(41)24-33)31-18-16-30(17-19-31)34-25-37(42)39(38(43)26-34)32(10-7-22-44)11-8-23-46-40(45)27(2)3;1-4(2-5)3-6/h12-15,20-21,24-26,30-32,44H,2,4-11,16-19,22-23H2,1,3H3;2,6H,1,3H2. The van der Waals surface area contributed by atoms with Gasteiger partial charge in [-0.05, 0) is 135 Å². The SMILES string of the molecule is C=C(C)C(=O)OCCCC(CCCO)c1c(F)cc(C2CCC(c3ccc(-c4ccc(CCCCC)cc4)cc3F)CC2)cc1F.C=C(C=O)CO. The van der Waals surface area contributed by atoms with Crippen LogP contribution in [0.3, 0.4) is 0 Å². The number of hydrogen-bond donors (Lipinski definition) is 2. The Hall–Kier alpha value is -4.01. The summed E-state index contributed by atoms with van der Waals surface area (Å²) in [5.41, 5.74) is 5.09. The van der Waals surface area contributed by atoms with E-state index in [1.54, 1.807) is 13.0 Å². The van der Waals surface area contributed by atoms with Crippen LogP contribution in [0.15, 0.2) is 78.9 Å². The third-order valence-electron chi connectivity index (χ3n) is 9.86. The maximum absolute atomic E-state index is 15.5. The molecule has 0 saturated heterocycles. The lowest BCUT2D eigenvalue weighted by Gasteiger charge is -2.30. The van der Waals surface area contributed by atoms with Gasteiger partial charge in [-0.3, -0.25) is 4.79 Å². The Morgan fingerprint density at radius 3 is 2.00 bits per heavy atom. The van der Waals surface area contributed by atoms with Crippen molar-refractivity contribution in [3.8, 4) is 11.1 Å². The van der Waals surface area contributed by atoms with Crippen molar-refractivity contribution < 1.29 is 37.7 Å². The number of esters is 1. The number of aryl methyl sites for hydroxylation is 1. The summed E-state index contributed by atoms with van der Waals surface area (Å²) < 4.78 is 51.5. The fraction of sp³-hybridized carbons (Fsp3) is 0.455. The van der Waals surface area contributed by atoms with Gasteiger partial charge in [-0.2, -0.15) is 0 Å². The maximum Gasteiger partial charge on any atom is 0.333 e. The molecule has 8 heteroatoms. The van der Waals surface area contributed by atoms with E-state index < -0.39 is 23.5 Å². The molecule has 1 saturated carbocycles. The lowest BCUT2D eigenvalue weighted by atomic mass is 9.75. The first-order chi connectivity index (χ1) is 25.0. The molecule has 0 spiro atoms. The zero-order valence-electron chi connectivity index (χ0n) is 30.8. The zero-order chi connectivity index (χ0) is 38.0. The predicted molar refractivity (Wildman–Crippen MR) is 202 cm³/mol. The van der Waals surface area contributed by atoms with E-state index in [1.807, 2.05) is 12.1 Å². The molecule has 1 atom stereocenters. The normalized spacial score (nSPS) is 16.0. The van der Waals surface area contributed by atoms with Crippen LogP contribution in [0, 0.1) is 17.5 Å². The summed E-state index contributed by atoms with van der Waals surface area (Å²) in [6, 6.07) is 16.9. The minimum Gasteiger partial charge on any atom is -0.462 e. The Bertz CT molecular complexity index is 1590. The third-order valence-corrected chi connectivity index (χ3v) is 9.86. The van der Waals surface area contributed by atoms with Gasteiger partial charge in [0.15, 0.2) is 0 Å². The van der Waals surface area contributed by atoms with Gasteiger partial charge in [0.05, 0.1) is 13.2 Å². The van der Waals surface area contributed by atoms with Gasteiger partial charge in [0.1, 0.15) is 23.7 Å². The highest BCUT2D eigenvalue weighted by atomic mass is 19.1. The summed E-state index contributed by atoms with van der Waals surface area (Å²) in [7, 11) is 0. The van der Waals surface area contributed by atoms with Crippen LogP contribution in [-0.2, 0) is 20.7 Å². The summed E-state index contributed by atoms with van der Waals surface area (Å²) in [5.74, 6) is -2.19. The number of aliphatic hydroxyl groups excluding tert-OH is 2. The molecule has 4 rings (SSSR count). The van der Waals surface area contributed by atoms with Crippen LogP contribution in [0.25, 0.3) is 11.1 Å². The van der Waals surface area contributed by atoms with E-state index in [4.69, 9.17) is 9.84 Å². The largest absolute Gasteiger partial charge is 0.462 e. The fourth-order valence-electron chi connectivity index (χ4n) is 6.87. The molecule has 52 heavy (non-hydrogen) atoms. The van der Waals surface area contributed by atoms with Crippen molar-refractivity contribution in [1.29, 1.82) is 0 Å². The van der Waals surface area contributed by atoms with E-state index in [0.717, 1.165) is 43.2 Å². The number of carbonyl (C=O) groups is 2. The van der Waals surface area contributed by atoms with Gasteiger partial charge in [0, 0.05) is 23.3 Å². The van der Waals surface area contributed by atoms with E-state index in [-0.39, 0.29) is 48.6 Å². The van der Waals surface area contributed by atoms with E-state index >= 15 is 13.2 Å². The topological polar surface area (TPSA) is 83.8 Å². The van der Waals surface area contributed by atoms with Crippen LogP contribution in [0.1, 0.15) is 124 Å². The highest BCUT2D eigenvalue weighted by molar-refractivity contribution is 5.86. The molecule has 1 aliphatic rings. The molecule has 0 amide bonds. The van der Waals surface area contributed by atoms with Crippen LogP contribution in [0.4, 0.5) is 13.2 Å². The highest BCUT2D eigenvalue weighted by Gasteiger charge is 2.28. The number of rotatable bonds is 18. The molecule has 3 aromatic rings. The first kappa shape index (κ1) is 42.4. The number of ether oxygens (including phenoxy) is 1. The second-order valence-electron chi connectivity index (χ2n) is 13.9. The van der Waals surface area contributed by atoms with Gasteiger partial charge in [0.2, 0.25) is 0 Å². The number of carbonyl (C=O) groups excluding carboxylic acids is 2. The average Bonchev–Trinajstić information content (AvgIpc) is 3.15. The molecule has 282 valence electrons. The third kappa shape index (κ3) is 12.9. The number of halogens is 3. The summed E-state index contributed by atoms with van der Waals surface area (Å²) in [4.78, 5) is 21.1. The lowest BCUT2D eigenvalue weighted by molar-refractivity contribution is -0.139. The Balaban J connectivity index is 0.00000112. The molecule has 0 bridgehead atoms. The molecule has 0 radical (unpaired) electrons. The highest BCUT2D eigenvalue weighted by Crippen LogP contribution is 2.43. The number of benzene rings is 3. The summed E-state index contributed by atoms with van der Waals surface area (Å²) in [6.07, 6.45) is 9.87. The predicted octanol–water partition coefficient (Wildman–Crippen LogP) is 10.4. The van der Waals surface area contributed by atoms with Crippen molar-refractivity contribution in [2.24, 2.45) is 0 Å². The molecule has 0 aliphatic heterocycles. The van der Waals surface area contributed by atoms with Crippen molar-refractivity contribution in [2.45, 2.75) is 109 Å². The number of unbranched alkanes of at least 4 members (excludes halogenated alkanes) is 2. The van der Waals surface area contributed by atoms with Crippen LogP contribution >= 0.6 is 0 Å². The van der Waals surface area contributed by atoms with E-state index in [0.29, 0.717) is 48.7 Å². The fourth-order valence-corrected chi connectivity index (χ4v) is 6.87. The maximum atomic E-state index is 15.5. The first-order valence-electron chi connectivity index (χ1n) is 18.6. The monoisotopic (exact) mass is 720 g/mol. The smallest absolute Gasteiger partial charge is 0.333 e. The van der Waals surface area contributed by atoms with E-state index in [9.17, 15) is 14.7 Å². The summed E-state index contributed by atoms with van der Waals surface area (Å²) >= 11 is 0. The van der Waals surface area contributed by atoms with Gasteiger partial charge >= 0.3 is 5.97 Å². The van der Waals surface area contributed by atoms with E-state index in [1.165, 1.54) is 37.0 Å². The Morgan fingerprint density at radius 2 is 1.46 bits per heavy atom. The Kier molecular flexibility index (Phi) is 18.1. The number of aliphatic hydroxyl groups is 2. The number of hydrogen-bond acceptors (Lipinski definition) is 5. The molecule has 3 aromatic carbocycles. The van der Waals surface area contributed by atoms with Crippen molar-refractivity contribution in [2.75, 3.05) is 19.8 Å². The van der Waals surface area contributed by atoms with Crippen LogP contribution in [-0.4, -0.2) is 42.3 Å². The van der Waals surface area contributed by atoms with Crippen molar-refractivity contribution in [1.82, 2.24) is 0 Å². The molecular formula is C44H55F3O5. The molecule has 0 heterocycles. The molecular weight excluding hydrogens is 665 g/mol. The Labute approximate surface area is 307 Å². The van der Waals surface area contributed by atoms with Crippen molar-refractivity contribution >= 4 is 12.3 Å². The van der Waals surface area contributed by atoms with Gasteiger partial charge < -0.3 is 14.9 Å². The second-order valence-corrected chi connectivity index (χ2v) is 13.9.